The Morgan fingerprint density at radius 1 is 1.24 bits per heavy atom. The maximum absolute atomic E-state index is 12.7. The number of benzene rings is 1. The topological polar surface area (TPSA) is 49.0 Å². The van der Waals surface area contributed by atoms with Gasteiger partial charge in [0.1, 0.15) is 4.83 Å². The third-order valence-corrected chi connectivity index (χ3v) is 6.82. The standard InChI is InChI=1S/C19H21N3OS2/c1-12-3-5-13(6-4-12)15-11-24-18-16(15)17(23)20-19(21-18)25-14-7-9-22(2)10-8-14/h3-6,11,14H,7-10H2,1-2H3,(H,20,21,23). The van der Waals surface area contributed by atoms with E-state index in [0.29, 0.717) is 10.6 Å². The second kappa shape index (κ2) is 6.94. The van der Waals surface area contributed by atoms with Crippen molar-refractivity contribution in [1.82, 2.24) is 14.9 Å². The van der Waals surface area contributed by atoms with Crippen LogP contribution in [0.4, 0.5) is 0 Å². The molecule has 0 unspecified atom stereocenters. The molecule has 0 aliphatic carbocycles. The van der Waals surface area contributed by atoms with Crippen molar-refractivity contribution in [2.75, 3.05) is 20.1 Å². The lowest BCUT2D eigenvalue weighted by Crippen LogP contribution is -2.31. The SMILES string of the molecule is Cc1ccc(-c2csc3nc(SC4CCN(C)CC4)[nH]c(=O)c23)cc1. The second-order valence-corrected chi connectivity index (χ2v) is 8.83. The molecule has 2 aromatic heterocycles. The van der Waals surface area contributed by atoms with Crippen LogP contribution < -0.4 is 5.56 Å². The van der Waals surface area contributed by atoms with Crippen molar-refractivity contribution in [3.63, 3.8) is 0 Å². The van der Waals surface area contributed by atoms with Crippen molar-refractivity contribution < 1.29 is 0 Å². The number of nitrogens with zero attached hydrogens (tertiary/aromatic N) is 2. The van der Waals surface area contributed by atoms with Gasteiger partial charge in [-0.15, -0.1) is 11.3 Å². The molecule has 0 amide bonds. The van der Waals surface area contributed by atoms with Gasteiger partial charge in [0, 0.05) is 16.2 Å². The molecule has 0 spiro atoms. The van der Waals surface area contributed by atoms with Gasteiger partial charge < -0.3 is 9.88 Å². The molecule has 4 nitrogen and oxygen atoms in total. The summed E-state index contributed by atoms with van der Waals surface area (Å²) < 4.78 is 0. The predicted molar refractivity (Wildman–Crippen MR) is 107 cm³/mol. The summed E-state index contributed by atoms with van der Waals surface area (Å²) in [5, 5.41) is 4.04. The van der Waals surface area contributed by atoms with Gasteiger partial charge in [-0.2, -0.15) is 0 Å². The van der Waals surface area contributed by atoms with Crippen LogP contribution in [0, 0.1) is 6.92 Å². The summed E-state index contributed by atoms with van der Waals surface area (Å²) in [6.45, 7) is 4.29. The van der Waals surface area contributed by atoms with Gasteiger partial charge in [0.05, 0.1) is 5.39 Å². The van der Waals surface area contributed by atoms with Crippen molar-refractivity contribution in [2.45, 2.75) is 30.2 Å². The van der Waals surface area contributed by atoms with E-state index < -0.39 is 0 Å². The molecule has 130 valence electrons. The molecule has 1 aliphatic heterocycles. The third-order valence-electron chi connectivity index (χ3n) is 4.73. The smallest absolute Gasteiger partial charge is 0.260 e. The summed E-state index contributed by atoms with van der Waals surface area (Å²) in [7, 11) is 2.16. The fourth-order valence-electron chi connectivity index (χ4n) is 3.19. The lowest BCUT2D eigenvalue weighted by atomic mass is 10.1. The van der Waals surface area contributed by atoms with Gasteiger partial charge in [0.15, 0.2) is 5.16 Å². The summed E-state index contributed by atoms with van der Waals surface area (Å²) in [5.74, 6) is 0. The fraction of sp³-hybridized carbons (Fsp3) is 0.368. The average molecular weight is 372 g/mol. The van der Waals surface area contributed by atoms with E-state index in [1.807, 2.05) is 5.38 Å². The van der Waals surface area contributed by atoms with Gasteiger partial charge in [0.25, 0.3) is 5.56 Å². The minimum atomic E-state index is -0.0303. The monoisotopic (exact) mass is 371 g/mol. The quantitative estimate of drug-likeness (QED) is 0.703. The van der Waals surface area contributed by atoms with Crippen LogP contribution in [0.2, 0.25) is 0 Å². The van der Waals surface area contributed by atoms with E-state index in [1.54, 1.807) is 23.1 Å². The molecule has 1 aliphatic rings. The van der Waals surface area contributed by atoms with Crippen LogP contribution in [-0.4, -0.2) is 40.3 Å². The number of aromatic nitrogens is 2. The van der Waals surface area contributed by atoms with Gasteiger partial charge in [-0.3, -0.25) is 4.79 Å². The highest BCUT2D eigenvalue weighted by Crippen LogP contribution is 2.33. The van der Waals surface area contributed by atoms with Crippen molar-refractivity contribution in [3.05, 3.63) is 45.6 Å². The van der Waals surface area contributed by atoms with Gasteiger partial charge >= 0.3 is 0 Å². The molecule has 0 radical (unpaired) electrons. The number of aromatic amines is 1. The molecule has 4 rings (SSSR count). The van der Waals surface area contributed by atoms with E-state index in [9.17, 15) is 4.79 Å². The first-order valence-electron chi connectivity index (χ1n) is 8.54. The van der Waals surface area contributed by atoms with Crippen LogP contribution in [0.1, 0.15) is 18.4 Å². The first-order valence-corrected chi connectivity index (χ1v) is 10.3. The van der Waals surface area contributed by atoms with Gasteiger partial charge in [-0.25, -0.2) is 4.98 Å². The predicted octanol–water partition coefficient (Wildman–Crippen LogP) is 4.15. The number of hydrogen-bond donors (Lipinski definition) is 1. The zero-order chi connectivity index (χ0) is 17.4. The number of H-pyrrole nitrogens is 1. The minimum absolute atomic E-state index is 0.0303. The first-order chi connectivity index (χ1) is 12.1. The van der Waals surface area contributed by atoms with Crippen LogP contribution in [0.5, 0.6) is 0 Å². The van der Waals surface area contributed by atoms with Crippen LogP contribution in [-0.2, 0) is 0 Å². The van der Waals surface area contributed by atoms with Gasteiger partial charge in [0.2, 0.25) is 0 Å². The summed E-state index contributed by atoms with van der Waals surface area (Å²) in [6, 6.07) is 8.28. The maximum Gasteiger partial charge on any atom is 0.260 e. The Bertz CT molecular complexity index is 937. The first kappa shape index (κ1) is 16.8. The highest BCUT2D eigenvalue weighted by Gasteiger charge is 2.20. The molecular formula is C19H21N3OS2. The number of hydrogen-bond acceptors (Lipinski definition) is 5. The lowest BCUT2D eigenvalue weighted by Gasteiger charge is -2.27. The number of aryl methyl sites for hydroxylation is 1. The van der Waals surface area contributed by atoms with E-state index in [-0.39, 0.29) is 5.56 Å². The minimum Gasteiger partial charge on any atom is -0.306 e. The molecule has 6 heteroatoms. The van der Waals surface area contributed by atoms with Crippen molar-refractivity contribution in [2.24, 2.45) is 0 Å². The number of fused-ring (bicyclic) bond motifs is 1. The Kier molecular flexibility index (Phi) is 4.67. The number of likely N-dealkylation sites (tertiary alicyclic amines) is 1. The number of thiophene rings is 1. The van der Waals surface area contributed by atoms with Crippen LogP contribution in [0.25, 0.3) is 21.3 Å². The Hall–Kier alpha value is -1.63. The molecule has 1 aromatic carbocycles. The Balaban J connectivity index is 1.65. The van der Waals surface area contributed by atoms with Gasteiger partial charge in [-0.05, 0) is 45.5 Å². The average Bonchev–Trinajstić information content (AvgIpc) is 3.02. The molecule has 25 heavy (non-hydrogen) atoms. The molecule has 3 aromatic rings. The fourth-order valence-corrected chi connectivity index (χ4v) is 5.25. The molecule has 0 saturated carbocycles. The largest absolute Gasteiger partial charge is 0.306 e. The summed E-state index contributed by atoms with van der Waals surface area (Å²) >= 11 is 3.27. The molecule has 1 N–H and O–H groups in total. The van der Waals surface area contributed by atoms with Crippen molar-refractivity contribution >= 4 is 33.3 Å². The Morgan fingerprint density at radius 3 is 2.68 bits per heavy atom. The van der Waals surface area contributed by atoms with Crippen LogP contribution in [0.15, 0.2) is 39.6 Å². The van der Waals surface area contributed by atoms with E-state index in [2.05, 4.69) is 48.1 Å². The number of thioether (sulfide) groups is 1. The normalized spacial score (nSPS) is 16.6. The van der Waals surface area contributed by atoms with E-state index in [1.165, 1.54) is 5.56 Å². The highest BCUT2D eigenvalue weighted by molar-refractivity contribution is 7.99. The highest BCUT2D eigenvalue weighted by atomic mass is 32.2. The van der Waals surface area contributed by atoms with E-state index in [4.69, 9.17) is 4.98 Å². The van der Waals surface area contributed by atoms with Gasteiger partial charge in [-0.1, -0.05) is 41.6 Å². The molecule has 1 fully saturated rings. The van der Waals surface area contributed by atoms with Crippen LogP contribution in [0.3, 0.4) is 0 Å². The van der Waals surface area contributed by atoms with Crippen LogP contribution >= 0.6 is 23.1 Å². The van der Waals surface area contributed by atoms with Crippen molar-refractivity contribution in [1.29, 1.82) is 0 Å². The van der Waals surface area contributed by atoms with E-state index >= 15 is 0 Å². The molecule has 3 heterocycles. The Morgan fingerprint density at radius 2 is 1.96 bits per heavy atom. The molecule has 1 saturated heterocycles. The molecule has 0 atom stereocenters. The number of nitrogens with one attached hydrogen (secondary N) is 1. The van der Waals surface area contributed by atoms with Crippen molar-refractivity contribution in [3.8, 4) is 11.1 Å². The lowest BCUT2D eigenvalue weighted by molar-refractivity contribution is 0.282. The molecular weight excluding hydrogens is 350 g/mol. The van der Waals surface area contributed by atoms with E-state index in [0.717, 1.165) is 47.0 Å². The Labute approximate surface area is 155 Å². The summed E-state index contributed by atoms with van der Waals surface area (Å²) in [6.07, 6.45) is 2.28. The molecule has 0 bridgehead atoms. The third kappa shape index (κ3) is 3.52. The number of rotatable bonds is 3. The zero-order valence-electron chi connectivity index (χ0n) is 14.4. The maximum atomic E-state index is 12.7. The zero-order valence-corrected chi connectivity index (χ0v) is 16.0. The summed E-state index contributed by atoms with van der Waals surface area (Å²) in [4.78, 5) is 23.6. The second-order valence-electron chi connectivity index (χ2n) is 6.69. The summed E-state index contributed by atoms with van der Waals surface area (Å²) in [5.41, 5.74) is 3.23. The number of piperidine rings is 1.